The molecule has 1 aromatic heterocycles. The Morgan fingerprint density at radius 1 is 1.64 bits per heavy atom. The van der Waals surface area contributed by atoms with E-state index in [4.69, 9.17) is 4.74 Å². The summed E-state index contributed by atoms with van der Waals surface area (Å²) < 4.78 is 9.83. The fraction of sp³-hybridized carbons (Fsp3) is 0.750. The van der Waals surface area contributed by atoms with Gasteiger partial charge in [-0.2, -0.15) is 4.98 Å². The average Bonchev–Trinajstić information content (AvgIpc) is 2.56. The fourth-order valence-electron chi connectivity index (χ4n) is 1.46. The number of aliphatic hydroxyl groups is 1. The maximum atomic E-state index is 9.46. The molecule has 0 aliphatic carbocycles. The second kappa shape index (κ2) is 4.50. The SMILES string of the molecule is OC1COCCN(Cc2ncon2)C1. The molecule has 0 spiro atoms. The number of ether oxygens (including phenoxy) is 1. The van der Waals surface area contributed by atoms with E-state index in [9.17, 15) is 5.11 Å². The molecular weight excluding hydrogens is 186 g/mol. The summed E-state index contributed by atoms with van der Waals surface area (Å²) in [4.78, 5) is 5.97. The first-order valence-corrected chi connectivity index (χ1v) is 4.58. The van der Waals surface area contributed by atoms with E-state index in [-0.39, 0.29) is 0 Å². The molecule has 0 amide bonds. The highest BCUT2D eigenvalue weighted by atomic mass is 16.5. The van der Waals surface area contributed by atoms with Gasteiger partial charge in [-0.15, -0.1) is 0 Å². The van der Waals surface area contributed by atoms with Crippen LogP contribution in [0.5, 0.6) is 0 Å². The molecule has 78 valence electrons. The van der Waals surface area contributed by atoms with Crippen LogP contribution in [0.1, 0.15) is 5.82 Å². The van der Waals surface area contributed by atoms with E-state index in [1.807, 2.05) is 4.90 Å². The van der Waals surface area contributed by atoms with Gasteiger partial charge in [0.1, 0.15) is 0 Å². The van der Waals surface area contributed by atoms with Gasteiger partial charge in [0, 0.05) is 13.1 Å². The van der Waals surface area contributed by atoms with Crippen LogP contribution in [-0.4, -0.2) is 52.6 Å². The van der Waals surface area contributed by atoms with Crippen molar-refractivity contribution in [3.8, 4) is 0 Å². The van der Waals surface area contributed by atoms with Crippen LogP contribution in [0, 0.1) is 0 Å². The van der Waals surface area contributed by atoms with E-state index >= 15 is 0 Å². The lowest BCUT2D eigenvalue weighted by atomic mass is 10.3. The quantitative estimate of drug-likeness (QED) is 0.676. The molecule has 1 N–H and O–H groups in total. The lowest BCUT2D eigenvalue weighted by molar-refractivity contribution is 0.0561. The smallest absolute Gasteiger partial charge is 0.213 e. The van der Waals surface area contributed by atoms with Gasteiger partial charge >= 0.3 is 0 Å². The van der Waals surface area contributed by atoms with Crippen LogP contribution in [-0.2, 0) is 11.3 Å². The Balaban J connectivity index is 1.90. The standard InChI is InChI=1S/C8H13N3O3/c12-7-3-11(1-2-13-5-7)4-8-9-6-14-10-8/h6-7,12H,1-5H2. The summed E-state index contributed by atoms with van der Waals surface area (Å²) in [6.07, 6.45) is 0.879. The number of β-amino-alcohol motifs (C(OH)–C–C–N with tert-alkyl or cyclic N) is 1. The van der Waals surface area contributed by atoms with Crippen LogP contribution >= 0.6 is 0 Å². The van der Waals surface area contributed by atoms with Crippen molar-refractivity contribution >= 4 is 0 Å². The Morgan fingerprint density at radius 2 is 2.57 bits per heavy atom. The van der Waals surface area contributed by atoms with Crippen LogP contribution in [0.4, 0.5) is 0 Å². The second-order valence-electron chi connectivity index (χ2n) is 3.31. The highest BCUT2D eigenvalue weighted by Gasteiger charge is 2.17. The van der Waals surface area contributed by atoms with Crippen molar-refractivity contribution in [2.75, 3.05) is 26.3 Å². The minimum atomic E-state index is -0.426. The van der Waals surface area contributed by atoms with Crippen LogP contribution < -0.4 is 0 Å². The van der Waals surface area contributed by atoms with E-state index in [2.05, 4.69) is 14.7 Å². The zero-order chi connectivity index (χ0) is 9.80. The topological polar surface area (TPSA) is 71.6 Å². The van der Waals surface area contributed by atoms with E-state index in [0.29, 0.717) is 32.1 Å². The summed E-state index contributed by atoms with van der Waals surface area (Å²) in [5, 5.41) is 13.2. The van der Waals surface area contributed by atoms with Crippen LogP contribution in [0.15, 0.2) is 10.9 Å². The third kappa shape index (κ3) is 2.50. The summed E-state index contributed by atoms with van der Waals surface area (Å²) >= 11 is 0. The van der Waals surface area contributed by atoms with Crippen LogP contribution in [0.3, 0.4) is 0 Å². The fourth-order valence-corrected chi connectivity index (χ4v) is 1.46. The predicted octanol–water partition coefficient (Wildman–Crippen LogP) is -0.737. The summed E-state index contributed by atoms with van der Waals surface area (Å²) in [7, 11) is 0. The minimum absolute atomic E-state index is 0.406. The molecule has 2 heterocycles. The lowest BCUT2D eigenvalue weighted by Gasteiger charge is -2.18. The summed E-state index contributed by atoms with van der Waals surface area (Å²) in [6, 6.07) is 0. The highest BCUT2D eigenvalue weighted by molar-refractivity contribution is 4.80. The van der Waals surface area contributed by atoms with Crippen molar-refractivity contribution in [3.05, 3.63) is 12.2 Å². The van der Waals surface area contributed by atoms with Crippen molar-refractivity contribution in [2.24, 2.45) is 0 Å². The molecule has 1 aliphatic rings. The molecule has 0 saturated carbocycles. The molecular formula is C8H13N3O3. The molecule has 14 heavy (non-hydrogen) atoms. The van der Waals surface area contributed by atoms with Gasteiger partial charge in [0.25, 0.3) is 0 Å². The summed E-state index contributed by atoms with van der Waals surface area (Å²) in [6.45, 7) is 3.01. The number of hydrogen-bond acceptors (Lipinski definition) is 6. The van der Waals surface area contributed by atoms with E-state index in [1.54, 1.807) is 0 Å². The number of aromatic nitrogens is 2. The molecule has 0 bridgehead atoms. The van der Waals surface area contributed by atoms with E-state index in [1.165, 1.54) is 6.39 Å². The Morgan fingerprint density at radius 3 is 3.36 bits per heavy atom. The largest absolute Gasteiger partial charge is 0.389 e. The van der Waals surface area contributed by atoms with Crippen molar-refractivity contribution in [3.63, 3.8) is 0 Å². The zero-order valence-electron chi connectivity index (χ0n) is 7.80. The molecule has 6 heteroatoms. The van der Waals surface area contributed by atoms with Crippen molar-refractivity contribution in [1.29, 1.82) is 0 Å². The first-order chi connectivity index (χ1) is 6.84. The minimum Gasteiger partial charge on any atom is -0.389 e. The second-order valence-corrected chi connectivity index (χ2v) is 3.31. The number of nitrogens with zero attached hydrogens (tertiary/aromatic N) is 3. The monoisotopic (exact) mass is 199 g/mol. The average molecular weight is 199 g/mol. The molecule has 1 aliphatic heterocycles. The third-order valence-corrected chi connectivity index (χ3v) is 2.10. The van der Waals surface area contributed by atoms with Gasteiger partial charge in [-0.25, -0.2) is 0 Å². The van der Waals surface area contributed by atoms with Crippen molar-refractivity contribution in [1.82, 2.24) is 15.0 Å². The Hall–Kier alpha value is -0.980. The highest BCUT2D eigenvalue weighted by Crippen LogP contribution is 2.03. The third-order valence-electron chi connectivity index (χ3n) is 2.10. The molecule has 2 rings (SSSR count). The van der Waals surface area contributed by atoms with E-state index in [0.717, 1.165) is 6.54 Å². The summed E-state index contributed by atoms with van der Waals surface area (Å²) in [5.74, 6) is 0.638. The number of rotatable bonds is 2. The molecule has 6 nitrogen and oxygen atoms in total. The molecule has 0 radical (unpaired) electrons. The maximum Gasteiger partial charge on any atom is 0.213 e. The van der Waals surface area contributed by atoms with Crippen LogP contribution in [0.2, 0.25) is 0 Å². The van der Waals surface area contributed by atoms with Gasteiger partial charge in [0.05, 0.1) is 25.9 Å². The predicted molar refractivity (Wildman–Crippen MR) is 46.4 cm³/mol. The number of hydrogen-bond donors (Lipinski definition) is 1. The number of aliphatic hydroxyl groups excluding tert-OH is 1. The van der Waals surface area contributed by atoms with Crippen LogP contribution in [0.25, 0.3) is 0 Å². The Labute approximate surface area is 81.5 Å². The van der Waals surface area contributed by atoms with Gasteiger partial charge in [-0.3, -0.25) is 4.90 Å². The Bertz CT molecular complexity index is 265. The van der Waals surface area contributed by atoms with E-state index < -0.39 is 6.10 Å². The molecule has 1 unspecified atom stereocenters. The van der Waals surface area contributed by atoms with Gasteiger partial charge in [-0.05, 0) is 0 Å². The first-order valence-electron chi connectivity index (χ1n) is 4.58. The maximum absolute atomic E-state index is 9.46. The molecule has 1 fully saturated rings. The molecule has 0 aromatic carbocycles. The zero-order valence-corrected chi connectivity index (χ0v) is 7.80. The molecule has 1 atom stereocenters. The van der Waals surface area contributed by atoms with Gasteiger partial charge in [-0.1, -0.05) is 5.16 Å². The van der Waals surface area contributed by atoms with Gasteiger partial charge < -0.3 is 14.4 Å². The van der Waals surface area contributed by atoms with Gasteiger partial charge in [0.15, 0.2) is 5.82 Å². The lowest BCUT2D eigenvalue weighted by Crippen LogP contribution is -2.32. The van der Waals surface area contributed by atoms with Gasteiger partial charge in [0.2, 0.25) is 6.39 Å². The van der Waals surface area contributed by atoms with Crippen molar-refractivity contribution in [2.45, 2.75) is 12.6 Å². The normalized spacial score (nSPS) is 24.8. The first kappa shape index (κ1) is 9.57. The molecule has 1 aromatic rings. The molecule has 1 saturated heterocycles. The Kier molecular flexibility index (Phi) is 3.07. The summed E-state index contributed by atoms with van der Waals surface area (Å²) in [5.41, 5.74) is 0. The van der Waals surface area contributed by atoms with Crippen molar-refractivity contribution < 1.29 is 14.4 Å².